The zero-order valence-electron chi connectivity index (χ0n) is 17.9. The molecule has 0 spiro atoms. The molecule has 1 aliphatic rings. The van der Waals surface area contributed by atoms with E-state index < -0.39 is 5.91 Å². The van der Waals surface area contributed by atoms with Crippen LogP contribution < -0.4 is 10.2 Å². The lowest BCUT2D eigenvalue weighted by molar-refractivity contribution is 0.0906. The monoisotopic (exact) mass is 392 g/mol. The standard InChI is InChI=1S/C24H28N2O3/c1-13(2)16-9-7-10-17(14(3)4)21(16)26-23(28)19-12-8-11-18(20(19)24(26)29)22(27)25-15(5)6/h7-15H,1-6H3,(H,25,27). The van der Waals surface area contributed by atoms with Gasteiger partial charge >= 0.3 is 0 Å². The highest BCUT2D eigenvalue weighted by Gasteiger charge is 2.41. The first-order valence-corrected chi connectivity index (χ1v) is 10.1. The summed E-state index contributed by atoms with van der Waals surface area (Å²) in [5, 5.41) is 2.82. The first kappa shape index (κ1) is 20.8. The number of anilines is 1. The fourth-order valence-corrected chi connectivity index (χ4v) is 3.79. The van der Waals surface area contributed by atoms with E-state index in [9.17, 15) is 14.4 Å². The maximum atomic E-state index is 13.5. The third kappa shape index (κ3) is 3.57. The van der Waals surface area contributed by atoms with E-state index in [1.54, 1.807) is 18.2 Å². The van der Waals surface area contributed by atoms with Crippen molar-refractivity contribution in [1.82, 2.24) is 5.32 Å². The van der Waals surface area contributed by atoms with Crippen molar-refractivity contribution >= 4 is 23.4 Å². The molecule has 29 heavy (non-hydrogen) atoms. The molecule has 0 saturated carbocycles. The number of para-hydroxylation sites is 1. The highest BCUT2D eigenvalue weighted by molar-refractivity contribution is 6.36. The van der Waals surface area contributed by atoms with Crippen LogP contribution in [0, 0.1) is 0 Å². The molecule has 0 radical (unpaired) electrons. The fraction of sp³-hybridized carbons (Fsp3) is 0.375. The summed E-state index contributed by atoms with van der Waals surface area (Å²) in [6.45, 7) is 11.9. The molecule has 1 aliphatic heterocycles. The van der Waals surface area contributed by atoms with E-state index in [4.69, 9.17) is 0 Å². The summed E-state index contributed by atoms with van der Waals surface area (Å²) in [7, 11) is 0. The number of rotatable bonds is 5. The van der Waals surface area contributed by atoms with Crippen molar-refractivity contribution in [1.29, 1.82) is 0 Å². The molecule has 3 rings (SSSR count). The van der Waals surface area contributed by atoms with E-state index in [0.29, 0.717) is 5.69 Å². The van der Waals surface area contributed by atoms with Crippen LogP contribution in [0.2, 0.25) is 0 Å². The first-order valence-electron chi connectivity index (χ1n) is 10.1. The summed E-state index contributed by atoms with van der Waals surface area (Å²) in [6, 6.07) is 10.7. The molecule has 2 aromatic rings. The Morgan fingerprint density at radius 3 is 1.90 bits per heavy atom. The van der Waals surface area contributed by atoms with Crippen LogP contribution in [0.4, 0.5) is 5.69 Å². The predicted molar refractivity (Wildman–Crippen MR) is 115 cm³/mol. The van der Waals surface area contributed by atoms with Gasteiger partial charge in [-0.2, -0.15) is 0 Å². The van der Waals surface area contributed by atoms with Gasteiger partial charge in [-0.3, -0.25) is 14.4 Å². The van der Waals surface area contributed by atoms with Crippen molar-refractivity contribution in [2.45, 2.75) is 59.4 Å². The smallest absolute Gasteiger partial charge is 0.266 e. The van der Waals surface area contributed by atoms with Gasteiger partial charge in [-0.15, -0.1) is 0 Å². The summed E-state index contributed by atoms with van der Waals surface area (Å²) < 4.78 is 0. The average Bonchev–Trinajstić information content (AvgIpc) is 2.91. The molecule has 3 amide bonds. The van der Waals surface area contributed by atoms with Crippen molar-refractivity contribution in [3.05, 3.63) is 64.2 Å². The number of hydrogen-bond acceptors (Lipinski definition) is 3. The fourth-order valence-electron chi connectivity index (χ4n) is 3.79. The van der Waals surface area contributed by atoms with Crippen LogP contribution >= 0.6 is 0 Å². The molecule has 0 fully saturated rings. The Bertz CT molecular complexity index is 963. The van der Waals surface area contributed by atoms with Crippen LogP contribution in [0.3, 0.4) is 0 Å². The normalized spacial score (nSPS) is 13.6. The molecule has 0 atom stereocenters. The van der Waals surface area contributed by atoms with Gasteiger partial charge in [0.1, 0.15) is 0 Å². The summed E-state index contributed by atoms with van der Waals surface area (Å²) in [5.41, 5.74) is 3.24. The maximum absolute atomic E-state index is 13.5. The second kappa shape index (κ2) is 7.82. The maximum Gasteiger partial charge on any atom is 0.266 e. The first-order chi connectivity index (χ1) is 13.6. The quantitative estimate of drug-likeness (QED) is 0.738. The third-order valence-corrected chi connectivity index (χ3v) is 5.15. The summed E-state index contributed by atoms with van der Waals surface area (Å²) in [4.78, 5) is 40.8. The van der Waals surface area contributed by atoms with Gasteiger partial charge in [0, 0.05) is 6.04 Å². The Labute approximate surface area is 172 Å². The van der Waals surface area contributed by atoms with Crippen molar-refractivity contribution in [2.24, 2.45) is 0 Å². The lowest BCUT2D eigenvalue weighted by atomic mass is 9.92. The molecular weight excluding hydrogens is 364 g/mol. The van der Waals surface area contributed by atoms with Crippen LogP contribution in [-0.2, 0) is 0 Å². The largest absolute Gasteiger partial charge is 0.350 e. The number of nitrogens with zero attached hydrogens (tertiary/aromatic N) is 1. The van der Waals surface area contributed by atoms with E-state index in [1.807, 2.05) is 59.7 Å². The highest BCUT2D eigenvalue weighted by atomic mass is 16.2. The Kier molecular flexibility index (Phi) is 5.60. The minimum Gasteiger partial charge on any atom is -0.350 e. The van der Waals surface area contributed by atoms with Gasteiger partial charge in [0.15, 0.2) is 0 Å². The van der Waals surface area contributed by atoms with Gasteiger partial charge in [0.05, 0.1) is 22.4 Å². The molecule has 152 valence electrons. The van der Waals surface area contributed by atoms with Crippen LogP contribution in [0.25, 0.3) is 0 Å². The molecule has 5 nitrogen and oxygen atoms in total. The molecule has 2 aromatic carbocycles. The highest BCUT2D eigenvalue weighted by Crippen LogP contribution is 2.40. The molecule has 0 unspecified atom stereocenters. The lowest BCUT2D eigenvalue weighted by Gasteiger charge is -2.25. The van der Waals surface area contributed by atoms with Crippen molar-refractivity contribution in [3.63, 3.8) is 0 Å². The topological polar surface area (TPSA) is 66.5 Å². The van der Waals surface area contributed by atoms with E-state index in [2.05, 4.69) is 5.32 Å². The molecule has 0 saturated heterocycles. The van der Waals surface area contributed by atoms with Crippen molar-refractivity contribution in [3.8, 4) is 0 Å². The summed E-state index contributed by atoms with van der Waals surface area (Å²) in [6.07, 6.45) is 0. The second-order valence-electron chi connectivity index (χ2n) is 8.40. The van der Waals surface area contributed by atoms with Gasteiger partial charge in [-0.1, -0.05) is 52.0 Å². The summed E-state index contributed by atoms with van der Waals surface area (Å²) in [5.74, 6) is -0.886. The Morgan fingerprint density at radius 1 is 0.828 bits per heavy atom. The number of hydrogen-bond donors (Lipinski definition) is 1. The number of nitrogens with one attached hydrogen (secondary N) is 1. The summed E-state index contributed by atoms with van der Waals surface area (Å²) >= 11 is 0. The van der Waals surface area contributed by atoms with Crippen molar-refractivity contribution < 1.29 is 14.4 Å². The molecule has 0 aromatic heterocycles. The van der Waals surface area contributed by atoms with Gasteiger partial charge in [-0.05, 0) is 48.9 Å². The number of fused-ring (bicyclic) bond motifs is 1. The molecule has 1 N–H and O–H groups in total. The van der Waals surface area contributed by atoms with E-state index in [1.165, 1.54) is 4.90 Å². The zero-order valence-corrected chi connectivity index (χ0v) is 17.9. The number of imide groups is 1. The van der Waals surface area contributed by atoms with Crippen LogP contribution in [0.1, 0.15) is 95.6 Å². The van der Waals surface area contributed by atoms with E-state index >= 15 is 0 Å². The molecule has 5 heteroatoms. The van der Waals surface area contributed by atoms with Crippen LogP contribution in [-0.4, -0.2) is 23.8 Å². The van der Waals surface area contributed by atoms with Crippen LogP contribution in [0.15, 0.2) is 36.4 Å². The average molecular weight is 392 g/mol. The van der Waals surface area contributed by atoms with E-state index in [0.717, 1.165) is 11.1 Å². The number of carbonyl (C=O) groups excluding carboxylic acids is 3. The van der Waals surface area contributed by atoms with Gasteiger partial charge < -0.3 is 5.32 Å². The molecular formula is C24H28N2O3. The van der Waals surface area contributed by atoms with Crippen molar-refractivity contribution in [2.75, 3.05) is 4.90 Å². The lowest BCUT2D eigenvalue weighted by Crippen LogP contribution is -2.33. The molecule has 1 heterocycles. The minimum atomic E-state index is -0.436. The Hall–Kier alpha value is -2.95. The SMILES string of the molecule is CC(C)NC(=O)c1cccc2c1C(=O)N(c1c(C(C)C)cccc1C(C)C)C2=O. The number of amides is 3. The van der Waals surface area contributed by atoms with Gasteiger partial charge in [0.25, 0.3) is 17.7 Å². The molecule has 0 aliphatic carbocycles. The molecule has 0 bridgehead atoms. The van der Waals surface area contributed by atoms with Gasteiger partial charge in [0.2, 0.25) is 0 Å². The van der Waals surface area contributed by atoms with Gasteiger partial charge in [-0.25, -0.2) is 4.90 Å². The zero-order chi connectivity index (χ0) is 21.5. The Balaban J connectivity index is 2.20. The van der Waals surface area contributed by atoms with E-state index in [-0.39, 0.29) is 46.4 Å². The Morgan fingerprint density at radius 2 is 1.38 bits per heavy atom. The third-order valence-electron chi connectivity index (χ3n) is 5.15. The van der Waals surface area contributed by atoms with Crippen LogP contribution in [0.5, 0.6) is 0 Å². The number of carbonyl (C=O) groups is 3. The minimum absolute atomic E-state index is 0.0733. The second-order valence-corrected chi connectivity index (χ2v) is 8.40. The predicted octanol–water partition coefficient (Wildman–Crippen LogP) is 4.87. The number of benzene rings is 2.